The van der Waals surface area contributed by atoms with E-state index in [0.29, 0.717) is 0 Å². The molecule has 0 amide bonds. The molecule has 1 nitrogen and oxygen atoms in total. The van der Waals surface area contributed by atoms with Crippen LogP contribution in [-0.2, 0) is 6.42 Å². The molecule has 13 rings (SSSR count). The predicted molar refractivity (Wildman–Crippen MR) is 322 cm³/mol. The van der Waals surface area contributed by atoms with Gasteiger partial charge in [0, 0.05) is 5.92 Å². The molecule has 0 saturated heterocycles. The van der Waals surface area contributed by atoms with E-state index in [1.807, 2.05) is 0 Å². The van der Waals surface area contributed by atoms with Crippen LogP contribution in [0.25, 0.3) is 98.0 Å². The Hall–Kier alpha value is -8.00. The van der Waals surface area contributed by atoms with E-state index in [2.05, 4.69) is 244 Å². The zero-order valence-electron chi connectivity index (χ0n) is 44.6. The highest BCUT2D eigenvalue weighted by molar-refractivity contribution is 6.17. The molecule has 1 heteroatoms. The SMILES string of the molecule is CCCc1c(C)c(-c2c3ccccc3cc3ccccc23)c(C)c(C)c1N1c2cc(C)c(-c3c4ccccc4cc4ccccc34)c(C)c2C(C)c2c(C)c(-c3c4ccccc4cc4ccccc34)c(C)c(C)c21. The van der Waals surface area contributed by atoms with Gasteiger partial charge in [0.2, 0.25) is 0 Å². The molecule has 1 aliphatic rings. The van der Waals surface area contributed by atoms with Gasteiger partial charge in [-0.05, 0) is 245 Å². The Morgan fingerprint density at radius 3 is 1.07 bits per heavy atom. The van der Waals surface area contributed by atoms with Crippen molar-refractivity contribution in [3.8, 4) is 33.4 Å². The largest absolute Gasteiger partial charge is 0.309 e. The third-order valence-corrected chi connectivity index (χ3v) is 17.7. The van der Waals surface area contributed by atoms with Crippen LogP contribution in [0.15, 0.2) is 170 Å². The van der Waals surface area contributed by atoms with E-state index in [1.165, 1.54) is 176 Å². The fourth-order valence-electron chi connectivity index (χ4n) is 14.2. The number of hydrogen-bond donors (Lipinski definition) is 0. The third kappa shape index (κ3) is 6.55. The summed E-state index contributed by atoms with van der Waals surface area (Å²) in [7, 11) is 0. The Morgan fingerprint density at radius 1 is 0.338 bits per heavy atom. The van der Waals surface area contributed by atoms with Gasteiger partial charge in [0.25, 0.3) is 0 Å². The van der Waals surface area contributed by atoms with Crippen molar-refractivity contribution in [2.45, 2.75) is 88.0 Å². The summed E-state index contributed by atoms with van der Waals surface area (Å²) in [5.74, 6) is 0.0922. The molecule has 360 valence electrons. The van der Waals surface area contributed by atoms with Gasteiger partial charge >= 0.3 is 0 Å². The highest BCUT2D eigenvalue weighted by Crippen LogP contribution is 2.60. The molecular weight excluding hydrogens is 891 g/mol. The van der Waals surface area contributed by atoms with Crippen molar-refractivity contribution in [2.75, 3.05) is 4.90 Å². The first-order valence-corrected chi connectivity index (χ1v) is 26.9. The maximum absolute atomic E-state index is 2.79. The number of nitrogens with zero attached hydrogens (tertiary/aromatic N) is 1. The average Bonchev–Trinajstić information content (AvgIpc) is 3.43. The number of aryl methyl sites for hydroxylation is 1. The van der Waals surface area contributed by atoms with E-state index in [-0.39, 0.29) is 5.92 Å². The number of rotatable bonds is 6. The van der Waals surface area contributed by atoms with Gasteiger partial charge in [-0.25, -0.2) is 0 Å². The van der Waals surface area contributed by atoms with Gasteiger partial charge in [-0.15, -0.1) is 0 Å². The van der Waals surface area contributed by atoms with E-state index in [0.717, 1.165) is 12.8 Å². The fraction of sp³-hybridized carbons (Fsp3) is 0.178. The minimum absolute atomic E-state index is 0.0922. The molecule has 1 unspecified atom stereocenters. The topological polar surface area (TPSA) is 3.24 Å². The summed E-state index contributed by atoms with van der Waals surface area (Å²) >= 11 is 0. The van der Waals surface area contributed by atoms with Crippen LogP contribution in [0.2, 0.25) is 0 Å². The highest BCUT2D eigenvalue weighted by Gasteiger charge is 2.39. The molecule has 12 aromatic rings. The second kappa shape index (κ2) is 17.3. The van der Waals surface area contributed by atoms with Crippen molar-refractivity contribution >= 4 is 81.7 Å². The van der Waals surface area contributed by atoms with Crippen molar-refractivity contribution < 1.29 is 0 Å². The molecule has 1 atom stereocenters. The quantitative estimate of drug-likeness (QED) is 0.150. The first-order valence-electron chi connectivity index (χ1n) is 26.9. The van der Waals surface area contributed by atoms with Gasteiger partial charge in [-0.2, -0.15) is 0 Å². The van der Waals surface area contributed by atoms with Crippen molar-refractivity contribution in [3.63, 3.8) is 0 Å². The van der Waals surface area contributed by atoms with Gasteiger partial charge < -0.3 is 4.90 Å². The minimum Gasteiger partial charge on any atom is -0.309 e. The van der Waals surface area contributed by atoms with Crippen LogP contribution in [0, 0.1) is 55.4 Å². The van der Waals surface area contributed by atoms with Crippen LogP contribution in [-0.4, -0.2) is 0 Å². The number of hydrogen-bond acceptors (Lipinski definition) is 1. The van der Waals surface area contributed by atoms with Crippen LogP contribution in [0.1, 0.15) is 87.4 Å². The van der Waals surface area contributed by atoms with Crippen LogP contribution in [0.5, 0.6) is 0 Å². The lowest BCUT2D eigenvalue weighted by Crippen LogP contribution is -2.27. The summed E-state index contributed by atoms with van der Waals surface area (Å²) in [5, 5.41) is 15.5. The third-order valence-electron chi connectivity index (χ3n) is 17.7. The Bertz CT molecular complexity index is 4210. The van der Waals surface area contributed by atoms with Crippen molar-refractivity contribution in [3.05, 3.63) is 231 Å². The first-order chi connectivity index (χ1) is 36.0. The van der Waals surface area contributed by atoms with Gasteiger partial charge in [0.15, 0.2) is 0 Å². The fourth-order valence-corrected chi connectivity index (χ4v) is 14.2. The Balaban J connectivity index is 1.18. The Morgan fingerprint density at radius 2 is 0.676 bits per heavy atom. The molecular formula is C73H63N. The number of anilines is 3. The standard InChI is InChI=1S/C73H63N/c1-11-24-56-46(7)66(70-59-33-20-14-27-52(59)39-53-28-15-21-34-60(53)70)42(3)44(5)72(56)74-63-37-41(2)64(69-57-31-18-12-25-50(57)38-51-26-13-19-32-58(51)69)47(8)65(63)48(9)68-49(10)67(43(4)45(6)73(68)74)71-61-35-22-16-29-54(61)40-55-30-17-23-36-62(55)71/h12-23,25-40,48H,11,24H2,1-10H3. The molecule has 0 spiro atoms. The Kier molecular flexibility index (Phi) is 10.7. The maximum Gasteiger partial charge on any atom is 0.0535 e. The van der Waals surface area contributed by atoms with Crippen molar-refractivity contribution in [1.29, 1.82) is 0 Å². The molecule has 1 aliphatic heterocycles. The summed E-state index contributed by atoms with van der Waals surface area (Å²) in [5.41, 5.74) is 27.2. The lowest BCUT2D eigenvalue weighted by atomic mass is 9.73. The molecule has 74 heavy (non-hydrogen) atoms. The van der Waals surface area contributed by atoms with Gasteiger partial charge in [-0.1, -0.05) is 166 Å². The lowest BCUT2D eigenvalue weighted by molar-refractivity contribution is 0.857. The second-order valence-electron chi connectivity index (χ2n) is 21.6. The highest BCUT2D eigenvalue weighted by atomic mass is 15.2. The van der Waals surface area contributed by atoms with Gasteiger partial charge in [-0.3, -0.25) is 0 Å². The minimum atomic E-state index is 0.0922. The molecule has 0 saturated carbocycles. The molecule has 0 aliphatic carbocycles. The molecule has 1 heterocycles. The van der Waals surface area contributed by atoms with E-state index >= 15 is 0 Å². The van der Waals surface area contributed by atoms with Crippen LogP contribution in [0.4, 0.5) is 17.1 Å². The zero-order valence-corrected chi connectivity index (χ0v) is 44.6. The molecule has 0 radical (unpaired) electrons. The van der Waals surface area contributed by atoms with Crippen molar-refractivity contribution in [1.82, 2.24) is 0 Å². The van der Waals surface area contributed by atoms with Crippen LogP contribution >= 0.6 is 0 Å². The summed E-state index contributed by atoms with van der Waals surface area (Å²) in [4.78, 5) is 2.79. The molecule has 12 aromatic carbocycles. The Labute approximate surface area is 436 Å². The van der Waals surface area contributed by atoms with E-state index in [9.17, 15) is 0 Å². The molecule has 0 bridgehead atoms. The van der Waals surface area contributed by atoms with Crippen LogP contribution < -0.4 is 4.90 Å². The molecule has 0 fully saturated rings. The summed E-state index contributed by atoms with van der Waals surface area (Å²) in [6.07, 6.45) is 2.00. The lowest BCUT2D eigenvalue weighted by Gasteiger charge is -2.43. The summed E-state index contributed by atoms with van der Waals surface area (Å²) in [6, 6.07) is 63.9. The molecule has 0 N–H and O–H groups in total. The van der Waals surface area contributed by atoms with Crippen molar-refractivity contribution in [2.24, 2.45) is 0 Å². The summed E-state index contributed by atoms with van der Waals surface area (Å²) in [6.45, 7) is 24.2. The van der Waals surface area contributed by atoms with Gasteiger partial charge in [0.05, 0.1) is 17.1 Å². The predicted octanol–water partition coefficient (Wildman–Crippen LogP) is 21.0. The monoisotopic (exact) mass is 953 g/mol. The second-order valence-corrected chi connectivity index (χ2v) is 21.6. The average molecular weight is 954 g/mol. The number of fused-ring (bicyclic) bond motifs is 8. The molecule has 0 aromatic heterocycles. The van der Waals surface area contributed by atoms with E-state index < -0.39 is 0 Å². The van der Waals surface area contributed by atoms with E-state index in [4.69, 9.17) is 0 Å². The normalized spacial score (nSPS) is 13.5. The van der Waals surface area contributed by atoms with Crippen LogP contribution in [0.3, 0.4) is 0 Å². The zero-order chi connectivity index (χ0) is 50.8. The first kappa shape index (κ1) is 45.8. The summed E-state index contributed by atoms with van der Waals surface area (Å²) < 4.78 is 0. The van der Waals surface area contributed by atoms with Gasteiger partial charge in [0.1, 0.15) is 0 Å². The smallest absolute Gasteiger partial charge is 0.0535 e. The number of benzene rings is 12. The van der Waals surface area contributed by atoms with E-state index in [1.54, 1.807) is 0 Å². The maximum atomic E-state index is 2.79.